The summed E-state index contributed by atoms with van der Waals surface area (Å²) in [6, 6.07) is 12.5. The van der Waals surface area contributed by atoms with Crippen LogP contribution in [0, 0.1) is 0 Å². The summed E-state index contributed by atoms with van der Waals surface area (Å²) in [5, 5.41) is 3.43. The molecule has 0 saturated carbocycles. The molecule has 2 aromatic rings. The van der Waals surface area contributed by atoms with Gasteiger partial charge in [0.1, 0.15) is 5.75 Å². The molecule has 8 heteroatoms. The molecule has 0 spiro atoms. The second-order valence-electron chi connectivity index (χ2n) is 6.50. The fourth-order valence-electron chi connectivity index (χ4n) is 2.70. The van der Waals surface area contributed by atoms with Gasteiger partial charge in [0.25, 0.3) is 5.91 Å². The zero-order valence-electron chi connectivity index (χ0n) is 16.6. The minimum Gasteiger partial charge on any atom is -0.480 e. The van der Waals surface area contributed by atoms with Gasteiger partial charge >= 0.3 is 5.97 Å². The van der Waals surface area contributed by atoms with E-state index in [9.17, 15) is 9.59 Å². The molecule has 2 aromatic carbocycles. The average molecular weight is 439 g/mol. The first kappa shape index (κ1) is 22.8. The van der Waals surface area contributed by atoms with Gasteiger partial charge in [0.05, 0.1) is 5.02 Å². The number of nitrogens with zero attached hydrogens (tertiary/aromatic N) is 1. The van der Waals surface area contributed by atoms with Crippen LogP contribution in [0.1, 0.15) is 20.8 Å². The number of hydrogen-bond acceptors (Lipinski definition) is 5. The summed E-state index contributed by atoms with van der Waals surface area (Å²) in [5.41, 5.74) is 1.70. The van der Waals surface area contributed by atoms with Gasteiger partial charge in [0.2, 0.25) is 0 Å². The number of carbonyl (C=O) groups excluding carboxylic acids is 2. The van der Waals surface area contributed by atoms with Crippen molar-refractivity contribution in [1.82, 2.24) is 0 Å². The lowest BCUT2D eigenvalue weighted by atomic mass is 10.2. The number of anilines is 2. The number of ether oxygens (including phenoxy) is 2. The molecule has 0 radical (unpaired) electrons. The van der Waals surface area contributed by atoms with Crippen molar-refractivity contribution in [3.05, 3.63) is 52.5 Å². The van der Waals surface area contributed by atoms with Crippen molar-refractivity contribution in [2.45, 2.75) is 26.8 Å². The molecular formula is C21H24Cl2N2O4. The maximum Gasteiger partial charge on any atom is 0.344 e. The van der Waals surface area contributed by atoms with Crippen molar-refractivity contribution in [3.63, 3.8) is 0 Å². The van der Waals surface area contributed by atoms with Gasteiger partial charge in [-0.05, 0) is 63.2 Å². The Hall–Kier alpha value is -2.44. The summed E-state index contributed by atoms with van der Waals surface area (Å²) in [6.07, 6.45) is 0. The largest absolute Gasteiger partial charge is 0.480 e. The van der Waals surface area contributed by atoms with E-state index in [0.29, 0.717) is 22.5 Å². The van der Waals surface area contributed by atoms with Crippen molar-refractivity contribution in [2.75, 3.05) is 30.0 Å². The Kier molecular flexibility index (Phi) is 8.61. The third-order valence-electron chi connectivity index (χ3n) is 4.05. The molecular weight excluding hydrogens is 415 g/mol. The van der Waals surface area contributed by atoms with Gasteiger partial charge in [-0.1, -0.05) is 23.2 Å². The van der Waals surface area contributed by atoms with E-state index in [-0.39, 0.29) is 11.6 Å². The number of carbonyl (C=O) groups is 2. The number of halogens is 2. The van der Waals surface area contributed by atoms with Crippen LogP contribution in [-0.4, -0.2) is 37.7 Å². The van der Waals surface area contributed by atoms with Crippen LogP contribution in [0.2, 0.25) is 10.0 Å². The highest BCUT2D eigenvalue weighted by atomic mass is 35.5. The maximum absolute atomic E-state index is 12.0. The van der Waals surface area contributed by atoms with E-state index >= 15 is 0 Å². The Labute approximate surface area is 180 Å². The highest BCUT2D eigenvalue weighted by Gasteiger charge is 2.12. The fourth-order valence-corrected chi connectivity index (χ4v) is 3.16. The van der Waals surface area contributed by atoms with Crippen LogP contribution in [0.3, 0.4) is 0 Å². The first-order valence-electron chi connectivity index (χ1n) is 9.20. The molecule has 0 atom stereocenters. The highest BCUT2D eigenvalue weighted by Crippen LogP contribution is 2.27. The van der Waals surface area contributed by atoms with Gasteiger partial charge in [0.15, 0.2) is 13.2 Å². The molecule has 0 fully saturated rings. The Morgan fingerprint density at radius 3 is 2.34 bits per heavy atom. The summed E-state index contributed by atoms with van der Waals surface area (Å²) < 4.78 is 10.2. The monoisotopic (exact) mass is 438 g/mol. The topological polar surface area (TPSA) is 67.9 Å². The van der Waals surface area contributed by atoms with E-state index in [4.69, 9.17) is 32.7 Å². The molecule has 0 aliphatic rings. The first-order chi connectivity index (χ1) is 13.8. The SMILES string of the molecule is CCN(c1ccc(NC(=O)COC(=O)COc2ccc(Cl)cc2Cl)cc1)C(C)C. The second kappa shape index (κ2) is 10.9. The van der Waals surface area contributed by atoms with Crippen LogP contribution >= 0.6 is 23.2 Å². The van der Waals surface area contributed by atoms with Crippen molar-refractivity contribution in [2.24, 2.45) is 0 Å². The molecule has 0 unspecified atom stereocenters. The number of rotatable bonds is 9. The van der Waals surface area contributed by atoms with Gasteiger partial charge in [-0.3, -0.25) is 4.79 Å². The second-order valence-corrected chi connectivity index (χ2v) is 7.34. The molecule has 0 bridgehead atoms. The van der Waals surface area contributed by atoms with Crippen LogP contribution in [0.15, 0.2) is 42.5 Å². The van der Waals surface area contributed by atoms with Crippen LogP contribution < -0.4 is 15.0 Å². The standard InChI is InChI=1S/C21H24Cl2N2O4/c1-4-25(14(2)3)17-8-6-16(7-9-17)24-20(26)12-29-21(27)13-28-19-10-5-15(22)11-18(19)23/h5-11,14H,4,12-13H2,1-3H3,(H,24,26). The third kappa shape index (κ3) is 7.15. The smallest absolute Gasteiger partial charge is 0.344 e. The van der Waals surface area contributed by atoms with Crippen LogP contribution in [-0.2, 0) is 14.3 Å². The molecule has 0 aliphatic carbocycles. The van der Waals surface area contributed by atoms with Crippen LogP contribution in [0.5, 0.6) is 5.75 Å². The predicted octanol–water partition coefficient (Wildman–Crippen LogP) is 4.79. The molecule has 1 amide bonds. The Morgan fingerprint density at radius 1 is 1.07 bits per heavy atom. The third-order valence-corrected chi connectivity index (χ3v) is 4.58. The highest BCUT2D eigenvalue weighted by molar-refractivity contribution is 6.35. The van der Waals surface area contributed by atoms with Gasteiger partial charge in [-0.2, -0.15) is 0 Å². The number of nitrogens with one attached hydrogen (secondary N) is 1. The van der Waals surface area contributed by atoms with E-state index in [2.05, 4.69) is 31.0 Å². The number of benzene rings is 2. The summed E-state index contributed by atoms with van der Waals surface area (Å²) in [5.74, 6) is -0.816. The van der Waals surface area contributed by atoms with E-state index in [1.165, 1.54) is 6.07 Å². The Morgan fingerprint density at radius 2 is 1.76 bits per heavy atom. The van der Waals surface area contributed by atoms with Gasteiger partial charge in [-0.25, -0.2) is 4.79 Å². The predicted molar refractivity (Wildman–Crippen MR) is 116 cm³/mol. The van der Waals surface area contributed by atoms with Gasteiger partial charge in [0, 0.05) is 29.0 Å². The molecule has 0 heterocycles. The zero-order chi connectivity index (χ0) is 21.4. The van der Waals surface area contributed by atoms with Crippen molar-refractivity contribution in [1.29, 1.82) is 0 Å². The lowest BCUT2D eigenvalue weighted by Crippen LogP contribution is -2.30. The number of hydrogen-bond donors (Lipinski definition) is 1. The van der Waals surface area contributed by atoms with Gasteiger partial charge in [-0.15, -0.1) is 0 Å². The lowest BCUT2D eigenvalue weighted by Gasteiger charge is -2.27. The molecule has 0 aliphatic heterocycles. The number of esters is 1. The minimum absolute atomic E-state index is 0.283. The molecule has 2 rings (SSSR count). The van der Waals surface area contributed by atoms with E-state index in [1.807, 2.05) is 24.3 Å². The van der Waals surface area contributed by atoms with Crippen LogP contribution in [0.4, 0.5) is 11.4 Å². The molecule has 6 nitrogen and oxygen atoms in total. The summed E-state index contributed by atoms with van der Waals surface area (Å²) in [4.78, 5) is 26.0. The normalized spacial score (nSPS) is 10.6. The van der Waals surface area contributed by atoms with E-state index < -0.39 is 18.5 Å². The minimum atomic E-state index is -0.683. The quantitative estimate of drug-likeness (QED) is 0.570. The van der Waals surface area contributed by atoms with Gasteiger partial charge < -0.3 is 19.7 Å². The molecule has 156 valence electrons. The maximum atomic E-state index is 12.0. The summed E-state index contributed by atoms with van der Waals surface area (Å²) in [6.45, 7) is 6.45. The van der Waals surface area contributed by atoms with Crippen LogP contribution in [0.25, 0.3) is 0 Å². The Bertz CT molecular complexity index is 841. The summed E-state index contributed by atoms with van der Waals surface area (Å²) >= 11 is 11.8. The van der Waals surface area contributed by atoms with E-state index in [1.54, 1.807) is 12.1 Å². The van der Waals surface area contributed by atoms with Crippen molar-refractivity contribution < 1.29 is 19.1 Å². The van der Waals surface area contributed by atoms with Crippen molar-refractivity contribution in [3.8, 4) is 5.75 Å². The number of amides is 1. The molecule has 0 aromatic heterocycles. The molecule has 1 N–H and O–H groups in total. The molecule has 29 heavy (non-hydrogen) atoms. The fraction of sp³-hybridized carbons (Fsp3) is 0.333. The van der Waals surface area contributed by atoms with E-state index in [0.717, 1.165) is 12.2 Å². The first-order valence-corrected chi connectivity index (χ1v) is 9.95. The molecule has 0 saturated heterocycles. The van der Waals surface area contributed by atoms with Crippen molar-refractivity contribution >= 4 is 46.5 Å². The average Bonchev–Trinajstić information content (AvgIpc) is 2.67. The summed E-state index contributed by atoms with van der Waals surface area (Å²) in [7, 11) is 0. The zero-order valence-corrected chi connectivity index (χ0v) is 18.1. The Balaban J connectivity index is 1.78. The lowest BCUT2D eigenvalue weighted by molar-refractivity contribution is -0.149.